The second-order valence-electron chi connectivity index (χ2n) is 8.11. The fourth-order valence-electron chi connectivity index (χ4n) is 3.81. The van der Waals surface area contributed by atoms with Crippen LogP contribution >= 0.6 is 0 Å². The largest absolute Gasteiger partial charge is 0.491 e. The van der Waals surface area contributed by atoms with Crippen molar-refractivity contribution in [3.05, 3.63) is 84.4 Å². The van der Waals surface area contributed by atoms with E-state index in [1.807, 2.05) is 85.9 Å². The van der Waals surface area contributed by atoms with Crippen LogP contribution in [0.25, 0.3) is 0 Å². The number of aliphatic hydroxyl groups excluding tert-OH is 1. The summed E-state index contributed by atoms with van der Waals surface area (Å²) < 4.78 is 11.9. The van der Waals surface area contributed by atoms with E-state index < -0.39 is 6.23 Å². The van der Waals surface area contributed by atoms with Gasteiger partial charge in [-0.3, -0.25) is 0 Å². The molecule has 3 N–H and O–H groups in total. The zero-order chi connectivity index (χ0) is 21.6. The van der Waals surface area contributed by atoms with Crippen molar-refractivity contribution in [2.24, 2.45) is 5.92 Å². The van der Waals surface area contributed by atoms with Gasteiger partial charge >= 0.3 is 0 Å². The minimum absolute atomic E-state index is 0.181. The Morgan fingerprint density at radius 2 is 1.68 bits per heavy atom. The molecule has 0 saturated heterocycles. The molecule has 4 rings (SSSR count). The van der Waals surface area contributed by atoms with E-state index in [9.17, 15) is 5.11 Å². The minimum Gasteiger partial charge on any atom is -0.491 e. The summed E-state index contributed by atoms with van der Waals surface area (Å²) in [7, 11) is 2.02. The molecule has 162 valence electrons. The van der Waals surface area contributed by atoms with E-state index in [2.05, 4.69) is 17.6 Å². The topological polar surface area (TPSA) is 62.8 Å². The molecule has 3 aromatic rings. The molecule has 4 atom stereocenters. The molecule has 5 nitrogen and oxygen atoms in total. The van der Waals surface area contributed by atoms with E-state index in [1.54, 1.807) is 0 Å². The van der Waals surface area contributed by atoms with Gasteiger partial charge in [-0.25, -0.2) is 0 Å². The maximum absolute atomic E-state index is 10.6. The molecule has 0 amide bonds. The second kappa shape index (κ2) is 9.86. The summed E-state index contributed by atoms with van der Waals surface area (Å²) in [6.07, 6.45) is 1.63. The zero-order valence-electron chi connectivity index (χ0n) is 18.0. The molecule has 1 aliphatic carbocycles. The van der Waals surface area contributed by atoms with E-state index in [4.69, 9.17) is 9.47 Å². The molecule has 0 spiro atoms. The predicted molar refractivity (Wildman–Crippen MR) is 124 cm³/mol. The van der Waals surface area contributed by atoms with Crippen LogP contribution in [-0.4, -0.2) is 24.3 Å². The second-order valence-corrected chi connectivity index (χ2v) is 8.11. The number of hydrogen-bond donors (Lipinski definition) is 3. The van der Waals surface area contributed by atoms with Gasteiger partial charge in [-0.05, 0) is 81.3 Å². The van der Waals surface area contributed by atoms with E-state index in [0.717, 1.165) is 35.1 Å². The molecule has 0 aliphatic heterocycles. The van der Waals surface area contributed by atoms with Crippen LogP contribution in [-0.2, 0) is 0 Å². The van der Waals surface area contributed by atoms with Crippen molar-refractivity contribution in [3.8, 4) is 17.2 Å². The van der Waals surface area contributed by atoms with Crippen LogP contribution in [0, 0.1) is 5.92 Å². The maximum Gasteiger partial charge on any atom is 0.150 e. The predicted octanol–water partition coefficient (Wildman–Crippen LogP) is 5.35. The first-order valence-corrected chi connectivity index (χ1v) is 10.8. The third-order valence-corrected chi connectivity index (χ3v) is 5.58. The van der Waals surface area contributed by atoms with Gasteiger partial charge < -0.3 is 25.2 Å². The minimum atomic E-state index is -0.849. The fourth-order valence-corrected chi connectivity index (χ4v) is 3.81. The van der Waals surface area contributed by atoms with Crippen LogP contribution in [0.2, 0.25) is 0 Å². The standard InChI is InChI=1S/C26H30N2O3/c1-18(15-20-17-25(20)27-2)30-23-13-11-21(12-14-23)28-26(29)19-7-6-10-24(16-19)31-22-8-4-3-5-9-22/h3-14,16,18,20,25-29H,15,17H2,1-2H3. The average molecular weight is 419 g/mol. The number of benzene rings is 3. The van der Waals surface area contributed by atoms with Crippen LogP contribution in [0.15, 0.2) is 78.9 Å². The average Bonchev–Trinajstić information content (AvgIpc) is 3.54. The monoisotopic (exact) mass is 418 g/mol. The first-order valence-electron chi connectivity index (χ1n) is 10.8. The highest BCUT2D eigenvalue weighted by Gasteiger charge is 2.36. The summed E-state index contributed by atoms with van der Waals surface area (Å²) in [4.78, 5) is 0. The molecule has 5 heteroatoms. The Morgan fingerprint density at radius 3 is 2.39 bits per heavy atom. The van der Waals surface area contributed by atoms with Gasteiger partial charge in [-0.1, -0.05) is 30.3 Å². The summed E-state index contributed by atoms with van der Waals surface area (Å²) in [6.45, 7) is 2.12. The smallest absolute Gasteiger partial charge is 0.150 e. The lowest BCUT2D eigenvalue weighted by Crippen LogP contribution is -2.17. The van der Waals surface area contributed by atoms with Gasteiger partial charge in [0.2, 0.25) is 0 Å². The first kappa shape index (κ1) is 21.2. The quantitative estimate of drug-likeness (QED) is 0.388. The molecule has 0 radical (unpaired) electrons. The number of rotatable bonds is 10. The molecule has 3 aromatic carbocycles. The SMILES string of the molecule is CNC1CC1CC(C)Oc1ccc(NC(O)c2cccc(Oc3ccccc3)c2)cc1. The highest BCUT2D eigenvalue weighted by molar-refractivity contribution is 5.48. The molecule has 4 unspecified atom stereocenters. The third kappa shape index (κ3) is 6.00. The number of anilines is 1. The van der Waals surface area contributed by atoms with Crippen molar-refractivity contribution in [3.63, 3.8) is 0 Å². The van der Waals surface area contributed by atoms with Gasteiger partial charge in [0.15, 0.2) is 6.23 Å². The Balaban J connectivity index is 1.31. The van der Waals surface area contributed by atoms with Crippen molar-refractivity contribution >= 4 is 5.69 Å². The Hall–Kier alpha value is -3.02. The van der Waals surface area contributed by atoms with E-state index in [-0.39, 0.29) is 6.10 Å². The molecule has 0 heterocycles. The number of para-hydroxylation sites is 1. The molecule has 0 aromatic heterocycles. The van der Waals surface area contributed by atoms with Gasteiger partial charge in [-0.2, -0.15) is 0 Å². The molecule has 1 fully saturated rings. The number of ether oxygens (including phenoxy) is 2. The van der Waals surface area contributed by atoms with Gasteiger partial charge in [0.25, 0.3) is 0 Å². The molecule has 0 bridgehead atoms. The Labute approximate surface area is 184 Å². The van der Waals surface area contributed by atoms with E-state index in [1.165, 1.54) is 6.42 Å². The first-order chi connectivity index (χ1) is 15.1. The van der Waals surface area contributed by atoms with Crippen molar-refractivity contribution in [1.29, 1.82) is 0 Å². The van der Waals surface area contributed by atoms with Gasteiger partial charge in [0.05, 0.1) is 6.10 Å². The summed E-state index contributed by atoms with van der Waals surface area (Å²) in [5.74, 6) is 3.00. The van der Waals surface area contributed by atoms with Crippen LogP contribution in [0.1, 0.15) is 31.6 Å². The Morgan fingerprint density at radius 1 is 0.935 bits per heavy atom. The third-order valence-electron chi connectivity index (χ3n) is 5.58. The summed E-state index contributed by atoms with van der Waals surface area (Å²) in [6, 6.07) is 25.4. The summed E-state index contributed by atoms with van der Waals surface area (Å²) in [5, 5.41) is 17.1. The van der Waals surface area contributed by atoms with Crippen LogP contribution in [0.4, 0.5) is 5.69 Å². The highest BCUT2D eigenvalue weighted by Crippen LogP contribution is 2.35. The molecular formula is C26H30N2O3. The molecule has 31 heavy (non-hydrogen) atoms. The molecular weight excluding hydrogens is 388 g/mol. The lowest BCUT2D eigenvalue weighted by Gasteiger charge is -2.17. The van der Waals surface area contributed by atoms with Gasteiger partial charge in [0, 0.05) is 17.3 Å². The zero-order valence-corrected chi connectivity index (χ0v) is 18.0. The summed E-state index contributed by atoms with van der Waals surface area (Å²) in [5.41, 5.74) is 1.55. The maximum atomic E-state index is 10.6. The van der Waals surface area contributed by atoms with Crippen molar-refractivity contribution in [2.75, 3.05) is 12.4 Å². The number of hydrogen-bond acceptors (Lipinski definition) is 5. The fraction of sp³-hybridized carbons (Fsp3) is 0.308. The number of nitrogens with one attached hydrogen (secondary N) is 2. The lowest BCUT2D eigenvalue weighted by atomic mass is 10.1. The Kier molecular flexibility index (Phi) is 6.75. The van der Waals surface area contributed by atoms with Crippen molar-refractivity contribution in [2.45, 2.75) is 38.1 Å². The van der Waals surface area contributed by atoms with E-state index in [0.29, 0.717) is 11.8 Å². The van der Waals surface area contributed by atoms with Crippen molar-refractivity contribution in [1.82, 2.24) is 5.32 Å². The highest BCUT2D eigenvalue weighted by atomic mass is 16.5. The Bertz CT molecular complexity index is 962. The van der Waals surface area contributed by atoms with Gasteiger partial charge in [-0.15, -0.1) is 0 Å². The van der Waals surface area contributed by atoms with Gasteiger partial charge in [0.1, 0.15) is 17.2 Å². The molecule has 1 saturated carbocycles. The van der Waals surface area contributed by atoms with E-state index >= 15 is 0 Å². The summed E-state index contributed by atoms with van der Waals surface area (Å²) >= 11 is 0. The van der Waals surface area contributed by atoms with Crippen LogP contribution < -0.4 is 20.1 Å². The lowest BCUT2D eigenvalue weighted by molar-refractivity contribution is 0.201. The molecule has 1 aliphatic rings. The van der Waals surface area contributed by atoms with Crippen LogP contribution in [0.3, 0.4) is 0 Å². The van der Waals surface area contributed by atoms with Crippen LogP contribution in [0.5, 0.6) is 17.2 Å². The van der Waals surface area contributed by atoms with Crippen molar-refractivity contribution < 1.29 is 14.6 Å². The number of aliphatic hydroxyl groups is 1. The normalized spacial score (nSPS) is 19.3.